The third kappa shape index (κ3) is 7.27. The molecule has 1 saturated heterocycles. The number of rotatable bonds is 9. The number of hydrogen-bond donors (Lipinski definition) is 1. The topological polar surface area (TPSA) is 94.2 Å². The van der Waals surface area contributed by atoms with Crippen molar-refractivity contribution in [3.8, 4) is 17.2 Å². The molecule has 1 aliphatic rings. The molecule has 0 radical (unpaired) electrons. The maximum Gasteiger partial charge on any atom is 0.335 e. The summed E-state index contributed by atoms with van der Waals surface area (Å²) < 4.78 is 18.8. The molecule has 4 aromatic carbocycles. The van der Waals surface area contributed by atoms with Crippen LogP contribution in [-0.4, -0.2) is 25.0 Å². The third-order valence-corrected chi connectivity index (χ3v) is 7.74. The van der Waals surface area contributed by atoms with Crippen LogP contribution in [0.25, 0.3) is 6.08 Å². The van der Waals surface area contributed by atoms with Crippen molar-refractivity contribution in [1.29, 1.82) is 0 Å². The molecule has 0 saturated carbocycles. The largest absolute Gasteiger partial charge is 0.493 e. The Hall–Kier alpha value is -4.12. The zero-order valence-corrected chi connectivity index (χ0v) is 26.5. The van der Waals surface area contributed by atoms with Gasteiger partial charge in [-0.25, -0.2) is 9.69 Å². The Morgan fingerprint density at radius 1 is 0.837 bits per heavy atom. The number of anilines is 1. The number of barbiturate groups is 1. The highest BCUT2D eigenvalue weighted by atomic mass is 79.9. The summed E-state index contributed by atoms with van der Waals surface area (Å²) in [5.74, 6) is -0.185. The monoisotopic (exact) mass is 724 g/mol. The number of carbonyl (C=O) groups excluding carboxylic acids is 3. The second-order valence-electron chi connectivity index (χ2n) is 9.32. The van der Waals surface area contributed by atoms with Crippen LogP contribution < -0.4 is 24.4 Å². The van der Waals surface area contributed by atoms with E-state index < -0.39 is 17.8 Å². The average Bonchev–Trinajstić information content (AvgIpc) is 2.99. The molecule has 0 aromatic heterocycles. The first-order valence-corrected chi connectivity index (χ1v) is 14.8. The Bertz CT molecular complexity index is 1710. The minimum atomic E-state index is -0.850. The minimum absolute atomic E-state index is 0.222. The van der Waals surface area contributed by atoms with Gasteiger partial charge in [-0.3, -0.25) is 14.9 Å². The molecule has 0 bridgehead atoms. The van der Waals surface area contributed by atoms with Crippen LogP contribution in [0.15, 0.2) is 99.4 Å². The van der Waals surface area contributed by atoms with Crippen molar-refractivity contribution in [3.05, 3.63) is 121 Å². The first-order valence-electron chi connectivity index (χ1n) is 12.9. The van der Waals surface area contributed by atoms with E-state index in [0.717, 1.165) is 20.5 Å². The number of ether oxygens (including phenoxy) is 3. The van der Waals surface area contributed by atoms with Gasteiger partial charge in [-0.1, -0.05) is 51.8 Å². The molecule has 4 amide bonds. The number of amides is 4. The fourth-order valence-corrected chi connectivity index (χ4v) is 5.16. The van der Waals surface area contributed by atoms with Crippen molar-refractivity contribution in [2.45, 2.75) is 13.2 Å². The van der Waals surface area contributed by atoms with Gasteiger partial charge in [0.05, 0.1) is 17.3 Å². The van der Waals surface area contributed by atoms with Gasteiger partial charge in [0.15, 0.2) is 11.5 Å². The lowest BCUT2D eigenvalue weighted by Gasteiger charge is -2.26. The zero-order valence-electron chi connectivity index (χ0n) is 22.6. The zero-order chi connectivity index (χ0) is 30.5. The van der Waals surface area contributed by atoms with Gasteiger partial charge in [-0.15, -0.1) is 0 Å². The molecule has 1 aliphatic heterocycles. The molecule has 218 valence electrons. The highest BCUT2D eigenvalue weighted by Gasteiger charge is 2.37. The molecule has 1 heterocycles. The van der Waals surface area contributed by atoms with E-state index in [1.54, 1.807) is 48.5 Å². The Labute approximate surface area is 269 Å². The number of urea groups is 1. The van der Waals surface area contributed by atoms with Gasteiger partial charge in [0.2, 0.25) is 0 Å². The molecule has 11 heteroatoms. The van der Waals surface area contributed by atoms with Gasteiger partial charge in [0.1, 0.15) is 24.5 Å². The van der Waals surface area contributed by atoms with Crippen LogP contribution in [0.2, 0.25) is 5.02 Å². The van der Waals surface area contributed by atoms with Crippen molar-refractivity contribution in [1.82, 2.24) is 5.32 Å². The summed E-state index contributed by atoms with van der Waals surface area (Å²) in [5.41, 5.74) is 2.42. The van der Waals surface area contributed by atoms with Crippen molar-refractivity contribution >= 4 is 73.1 Å². The second kappa shape index (κ2) is 13.5. The molecule has 0 atom stereocenters. The summed E-state index contributed by atoms with van der Waals surface area (Å²) in [7, 11) is 1.49. The van der Waals surface area contributed by atoms with Crippen molar-refractivity contribution in [3.63, 3.8) is 0 Å². The van der Waals surface area contributed by atoms with E-state index in [4.69, 9.17) is 25.8 Å². The Morgan fingerprint density at radius 3 is 2.12 bits per heavy atom. The molecule has 0 spiro atoms. The van der Waals surface area contributed by atoms with Gasteiger partial charge in [0.25, 0.3) is 11.8 Å². The third-order valence-electron chi connectivity index (χ3n) is 6.37. The maximum absolute atomic E-state index is 13.4. The SMILES string of the molecule is COc1cc(/C=C2\C(=O)NC(=O)N(c3ccc(OCc4ccc(Cl)cc4)cc3)C2=O)cc(Br)c1OCc1ccc(Br)cc1. The highest BCUT2D eigenvalue weighted by Crippen LogP contribution is 2.38. The lowest BCUT2D eigenvalue weighted by Crippen LogP contribution is -2.54. The Kier molecular flexibility index (Phi) is 9.49. The standard InChI is InChI=1S/C32H23Br2ClN2O6/c1-41-28-16-21(15-27(34)29(28)43-18-19-2-6-22(33)7-3-19)14-26-30(38)36-32(40)37(31(26)39)24-10-12-25(13-11-24)42-17-20-4-8-23(35)9-5-20/h2-16H,17-18H2,1H3,(H,36,38,40)/b26-14+. The lowest BCUT2D eigenvalue weighted by molar-refractivity contribution is -0.122. The summed E-state index contributed by atoms with van der Waals surface area (Å²) in [4.78, 5) is 39.8. The van der Waals surface area contributed by atoms with Gasteiger partial charge in [-0.05, 0) is 99.4 Å². The summed E-state index contributed by atoms with van der Waals surface area (Å²) in [6, 6.07) is 23.9. The second-order valence-corrected chi connectivity index (χ2v) is 11.5. The van der Waals surface area contributed by atoms with Crippen molar-refractivity contribution < 1.29 is 28.6 Å². The summed E-state index contributed by atoms with van der Waals surface area (Å²) in [6.07, 6.45) is 1.40. The Balaban J connectivity index is 1.33. The van der Waals surface area contributed by atoms with Gasteiger partial charge >= 0.3 is 6.03 Å². The van der Waals surface area contributed by atoms with E-state index in [-0.39, 0.29) is 11.3 Å². The first-order chi connectivity index (χ1) is 20.7. The molecular formula is C32H23Br2ClN2O6. The molecule has 5 rings (SSSR count). The van der Waals surface area contributed by atoms with E-state index in [1.807, 2.05) is 36.4 Å². The van der Waals surface area contributed by atoms with Gasteiger partial charge < -0.3 is 14.2 Å². The molecule has 1 fully saturated rings. The number of hydrogen-bond acceptors (Lipinski definition) is 6. The van der Waals surface area contributed by atoms with E-state index in [0.29, 0.717) is 45.5 Å². The number of nitrogens with one attached hydrogen (secondary N) is 1. The van der Waals surface area contributed by atoms with Crippen LogP contribution >= 0.6 is 43.5 Å². The molecule has 0 aliphatic carbocycles. The van der Waals surface area contributed by atoms with Crippen molar-refractivity contribution in [2.24, 2.45) is 0 Å². The smallest absolute Gasteiger partial charge is 0.335 e. The molecular weight excluding hydrogens is 704 g/mol. The van der Waals surface area contributed by atoms with Crippen LogP contribution in [0.1, 0.15) is 16.7 Å². The van der Waals surface area contributed by atoms with Crippen LogP contribution in [0.4, 0.5) is 10.5 Å². The normalized spacial score (nSPS) is 14.1. The summed E-state index contributed by atoms with van der Waals surface area (Å²) in [6.45, 7) is 0.611. The van der Waals surface area contributed by atoms with Crippen LogP contribution in [-0.2, 0) is 22.8 Å². The first kappa shape index (κ1) is 30.3. The number of benzene rings is 4. The summed E-state index contributed by atoms with van der Waals surface area (Å²) >= 11 is 12.8. The number of halogens is 3. The Morgan fingerprint density at radius 2 is 1.47 bits per heavy atom. The predicted molar refractivity (Wildman–Crippen MR) is 170 cm³/mol. The quantitative estimate of drug-likeness (QED) is 0.140. The number of imide groups is 2. The highest BCUT2D eigenvalue weighted by molar-refractivity contribution is 9.10. The van der Waals surface area contributed by atoms with E-state index in [2.05, 4.69) is 37.2 Å². The number of nitrogens with zero attached hydrogens (tertiary/aromatic N) is 1. The average molecular weight is 727 g/mol. The van der Waals surface area contributed by atoms with Crippen molar-refractivity contribution in [2.75, 3.05) is 12.0 Å². The molecule has 43 heavy (non-hydrogen) atoms. The molecule has 0 unspecified atom stereocenters. The molecule has 1 N–H and O–H groups in total. The summed E-state index contributed by atoms with van der Waals surface area (Å²) in [5, 5.41) is 2.87. The van der Waals surface area contributed by atoms with Crippen LogP contribution in [0.5, 0.6) is 17.2 Å². The fraction of sp³-hybridized carbons (Fsp3) is 0.0938. The van der Waals surface area contributed by atoms with Crippen LogP contribution in [0, 0.1) is 0 Å². The van der Waals surface area contributed by atoms with Gasteiger partial charge in [0, 0.05) is 9.50 Å². The van der Waals surface area contributed by atoms with E-state index >= 15 is 0 Å². The lowest BCUT2D eigenvalue weighted by atomic mass is 10.1. The number of carbonyl (C=O) groups is 3. The van der Waals surface area contributed by atoms with Gasteiger partial charge in [-0.2, -0.15) is 0 Å². The molecule has 8 nitrogen and oxygen atoms in total. The maximum atomic E-state index is 13.4. The molecule has 4 aromatic rings. The van der Waals surface area contributed by atoms with Crippen LogP contribution in [0.3, 0.4) is 0 Å². The van der Waals surface area contributed by atoms with E-state index in [1.165, 1.54) is 13.2 Å². The van der Waals surface area contributed by atoms with E-state index in [9.17, 15) is 14.4 Å². The number of methoxy groups -OCH3 is 1. The fourth-order valence-electron chi connectivity index (χ4n) is 4.20. The predicted octanol–water partition coefficient (Wildman–Crippen LogP) is 7.70. The minimum Gasteiger partial charge on any atom is -0.493 e.